The smallest absolute Gasteiger partial charge is 0.265 e. The second-order valence-corrected chi connectivity index (χ2v) is 6.12. The lowest BCUT2D eigenvalue weighted by atomic mass is 10.1. The van der Waals surface area contributed by atoms with Crippen molar-refractivity contribution >= 4 is 16.6 Å². The number of nitroso groups, excluding NO2 is 1. The van der Waals surface area contributed by atoms with E-state index in [1.54, 1.807) is 41.8 Å². The topological polar surface area (TPSA) is 88.1 Å². The normalized spacial score (nSPS) is 9.76. The molecule has 6 heteroatoms. The molecule has 0 spiro atoms. The van der Waals surface area contributed by atoms with Crippen LogP contribution in [0.1, 0.15) is 64.4 Å². The summed E-state index contributed by atoms with van der Waals surface area (Å²) in [6, 6.07) is 12.0. The minimum atomic E-state index is -0.209. The molecular weight excluding hydrogens is 364 g/mol. The summed E-state index contributed by atoms with van der Waals surface area (Å²) in [6.07, 6.45) is 0. The van der Waals surface area contributed by atoms with Gasteiger partial charge in [0.1, 0.15) is 11.5 Å². The maximum absolute atomic E-state index is 13.1. The van der Waals surface area contributed by atoms with Crippen molar-refractivity contribution in [2.45, 2.75) is 54.4 Å². The zero-order valence-corrected chi connectivity index (χ0v) is 18.1. The number of fused-ring (bicyclic) bond motifs is 1. The summed E-state index contributed by atoms with van der Waals surface area (Å²) < 4.78 is 1.56. The van der Waals surface area contributed by atoms with Gasteiger partial charge in [0.2, 0.25) is 0 Å². The Hall–Kier alpha value is -3.33. The van der Waals surface area contributed by atoms with Crippen LogP contribution >= 0.6 is 0 Å². The fourth-order valence-electron chi connectivity index (χ4n) is 2.82. The van der Waals surface area contributed by atoms with E-state index in [2.05, 4.69) is 16.2 Å². The fourth-order valence-corrected chi connectivity index (χ4v) is 2.82. The largest absolute Gasteiger partial charge is 0.268 e. The Morgan fingerprint density at radius 3 is 2.10 bits per heavy atom. The molecule has 3 aromatic rings. The third-order valence-corrected chi connectivity index (χ3v) is 4.16. The molecule has 0 bridgehead atoms. The zero-order valence-electron chi connectivity index (χ0n) is 18.1. The lowest BCUT2D eigenvalue weighted by molar-refractivity contribution is 0.722. The first-order valence-electron chi connectivity index (χ1n) is 9.88. The molecule has 0 aliphatic rings. The first-order valence-corrected chi connectivity index (χ1v) is 9.88. The first kappa shape index (κ1) is 23.7. The molecular formula is C23H28N4O2. The molecule has 1 aromatic heterocycles. The predicted octanol–water partition coefficient (Wildman–Crippen LogP) is 6.14. The highest BCUT2D eigenvalue weighted by Crippen LogP contribution is 2.26. The number of aromatic nitrogens is 2. The Bertz CT molecular complexity index is 1080. The van der Waals surface area contributed by atoms with Crippen LogP contribution in [0, 0.1) is 23.2 Å². The molecule has 0 amide bonds. The molecule has 152 valence electrons. The summed E-state index contributed by atoms with van der Waals surface area (Å²) in [5, 5.41) is 12.4. The summed E-state index contributed by atoms with van der Waals surface area (Å²) in [6.45, 7) is 13.6. The lowest BCUT2D eigenvalue weighted by Gasteiger charge is -2.17. The minimum absolute atomic E-state index is 0.0139. The fraction of sp³-hybridized carbons (Fsp3) is 0.348. The molecule has 1 heterocycles. The van der Waals surface area contributed by atoms with Gasteiger partial charge in [-0.25, -0.2) is 4.98 Å². The van der Waals surface area contributed by atoms with E-state index >= 15 is 0 Å². The minimum Gasteiger partial charge on any atom is -0.268 e. The highest BCUT2D eigenvalue weighted by Gasteiger charge is 2.17. The summed E-state index contributed by atoms with van der Waals surface area (Å²) in [5.41, 5.74) is 2.34. The van der Waals surface area contributed by atoms with Crippen molar-refractivity contribution in [3.63, 3.8) is 0 Å². The van der Waals surface area contributed by atoms with Crippen LogP contribution in [0.5, 0.6) is 0 Å². The molecule has 0 radical (unpaired) electrons. The van der Waals surface area contributed by atoms with Gasteiger partial charge in [-0.1, -0.05) is 41.5 Å². The van der Waals surface area contributed by atoms with Gasteiger partial charge in [-0.05, 0) is 48.5 Å². The van der Waals surface area contributed by atoms with Crippen molar-refractivity contribution in [2.75, 3.05) is 0 Å². The summed E-state index contributed by atoms with van der Waals surface area (Å²) in [5.74, 6) is 0.577. The average Bonchev–Trinajstić information content (AvgIpc) is 2.77. The van der Waals surface area contributed by atoms with Gasteiger partial charge in [-0.3, -0.25) is 9.36 Å². The molecule has 0 aliphatic heterocycles. The van der Waals surface area contributed by atoms with E-state index < -0.39 is 0 Å². The van der Waals surface area contributed by atoms with Crippen LogP contribution in [0.25, 0.3) is 16.6 Å². The van der Waals surface area contributed by atoms with Crippen LogP contribution in [0.15, 0.2) is 46.4 Å². The number of nitriles is 1. The molecule has 0 saturated carbocycles. The van der Waals surface area contributed by atoms with Crippen molar-refractivity contribution in [1.29, 1.82) is 5.26 Å². The van der Waals surface area contributed by atoms with Crippen molar-refractivity contribution < 1.29 is 0 Å². The monoisotopic (exact) mass is 392 g/mol. The quantitative estimate of drug-likeness (QED) is 0.501. The molecule has 0 saturated heterocycles. The van der Waals surface area contributed by atoms with E-state index in [0.717, 1.165) is 0 Å². The van der Waals surface area contributed by atoms with Gasteiger partial charge in [0.05, 0.1) is 28.2 Å². The highest BCUT2D eigenvalue weighted by molar-refractivity contribution is 5.85. The molecule has 2 aromatic carbocycles. The standard InChI is InChI=1S/C19H16N4O2.2C2H6/c1-11(2)18-21-17-12(3)16(22-25)9-8-15(17)19(24)23(18)14-6-4-13(10-20)5-7-14;2*1-2/h4-9,11H,1-3H3;2*1-2H3. The number of nitrogens with zero attached hydrogens (tertiary/aromatic N) is 4. The van der Waals surface area contributed by atoms with Crippen LogP contribution in [-0.4, -0.2) is 9.55 Å². The average molecular weight is 393 g/mol. The number of rotatable bonds is 3. The Morgan fingerprint density at radius 2 is 1.62 bits per heavy atom. The highest BCUT2D eigenvalue weighted by atomic mass is 16.3. The Labute approximate surface area is 171 Å². The second kappa shape index (κ2) is 10.9. The number of hydrogen-bond donors (Lipinski definition) is 0. The number of aryl methyl sites for hydroxylation is 1. The summed E-state index contributed by atoms with van der Waals surface area (Å²) in [7, 11) is 0. The van der Waals surface area contributed by atoms with Gasteiger partial charge >= 0.3 is 0 Å². The molecule has 6 nitrogen and oxygen atoms in total. The molecule has 3 rings (SSSR count). The van der Waals surface area contributed by atoms with E-state index in [4.69, 9.17) is 5.26 Å². The lowest BCUT2D eigenvalue weighted by Crippen LogP contribution is -2.25. The molecule has 0 unspecified atom stereocenters. The molecule has 0 aliphatic carbocycles. The molecule has 29 heavy (non-hydrogen) atoms. The van der Waals surface area contributed by atoms with Gasteiger partial charge < -0.3 is 0 Å². The van der Waals surface area contributed by atoms with Crippen molar-refractivity contribution in [1.82, 2.24) is 9.55 Å². The Balaban J connectivity index is 0.000000989. The van der Waals surface area contributed by atoms with Gasteiger partial charge in [-0.2, -0.15) is 5.26 Å². The second-order valence-electron chi connectivity index (χ2n) is 6.12. The Morgan fingerprint density at radius 1 is 1.03 bits per heavy atom. The van der Waals surface area contributed by atoms with Crippen LogP contribution in [0.4, 0.5) is 5.69 Å². The third kappa shape index (κ3) is 4.75. The van der Waals surface area contributed by atoms with E-state index in [1.807, 2.05) is 41.5 Å². The van der Waals surface area contributed by atoms with Crippen molar-refractivity contribution in [3.8, 4) is 11.8 Å². The van der Waals surface area contributed by atoms with Gasteiger partial charge in [0.15, 0.2) is 0 Å². The number of benzene rings is 2. The van der Waals surface area contributed by atoms with E-state index in [1.165, 1.54) is 6.07 Å². The maximum Gasteiger partial charge on any atom is 0.265 e. The van der Waals surface area contributed by atoms with E-state index in [0.29, 0.717) is 33.5 Å². The van der Waals surface area contributed by atoms with Crippen molar-refractivity contribution in [3.05, 3.63) is 68.6 Å². The summed E-state index contributed by atoms with van der Waals surface area (Å²) in [4.78, 5) is 28.7. The zero-order chi connectivity index (χ0) is 22.1. The van der Waals surface area contributed by atoms with Gasteiger partial charge in [-0.15, -0.1) is 4.91 Å². The maximum atomic E-state index is 13.1. The third-order valence-electron chi connectivity index (χ3n) is 4.16. The summed E-state index contributed by atoms with van der Waals surface area (Å²) >= 11 is 0. The molecule has 0 N–H and O–H groups in total. The van der Waals surface area contributed by atoms with Crippen LogP contribution in [0.2, 0.25) is 0 Å². The van der Waals surface area contributed by atoms with E-state index in [9.17, 15) is 9.70 Å². The van der Waals surface area contributed by atoms with Crippen LogP contribution in [-0.2, 0) is 0 Å². The molecule has 0 fully saturated rings. The molecule has 0 atom stereocenters. The van der Waals surface area contributed by atoms with Crippen molar-refractivity contribution in [2.24, 2.45) is 5.18 Å². The Kier molecular flexibility index (Phi) is 8.88. The SMILES string of the molecule is CC.CC.Cc1c(N=O)ccc2c(=O)n(-c3ccc(C#N)cc3)c(C(C)C)nc12. The van der Waals surface area contributed by atoms with E-state index in [-0.39, 0.29) is 17.2 Å². The van der Waals surface area contributed by atoms with Crippen LogP contribution < -0.4 is 5.56 Å². The van der Waals surface area contributed by atoms with Crippen LogP contribution in [0.3, 0.4) is 0 Å². The predicted molar refractivity (Wildman–Crippen MR) is 119 cm³/mol. The van der Waals surface area contributed by atoms with Gasteiger partial charge in [0, 0.05) is 11.5 Å². The number of hydrogen-bond acceptors (Lipinski definition) is 5. The first-order chi connectivity index (χ1) is 14.0. The van der Waals surface area contributed by atoms with Gasteiger partial charge in [0.25, 0.3) is 5.56 Å².